The van der Waals surface area contributed by atoms with Crippen LogP contribution in [0.5, 0.6) is 0 Å². The maximum Gasteiger partial charge on any atom is 0.136 e. The maximum absolute atomic E-state index is 11.5. The van der Waals surface area contributed by atoms with E-state index in [9.17, 15) is 4.79 Å². The fraction of sp³-hybridized carbons (Fsp3) is 0.727. The van der Waals surface area contributed by atoms with Crippen molar-refractivity contribution in [3.8, 4) is 0 Å². The van der Waals surface area contributed by atoms with Crippen LogP contribution in [0.3, 0.4) is 0 Å². The van der Waals surface area contributed by atoms with E-state index in [1.807, 2.05) is 6.08 Å². The minimum absolute atomic E-state index is 0.367. The number of carbonyl (C=O) groups excluding carboxylic acids is 1. The second kappa shape index (κ2) is 4.44. The van der Waals surface area contributed by atoms with Gasteiger partial charge in [0.05, 0.1) is 0 Å². The molecule has 0 aromatic heterocycles. The highest BCUT2D eigenvalue weighted by atomic mass is 16.1. The van der Waals surface area contributed by atoms with Crippen molar-refractivity contribution in [3.63, 3.8) is 0 Å². The molecule has 1 heteroatoms. The second-order valence-electron chi connectivity index (χ2n) is 3.74. The van der Waals surface area contributed by atoms with Gasteiger partial charge in [-0.3, -0.25) is 4.79 Å². The number of hydrogen-bond donors (Lipinski definition) is 0. The minimum Gasteiger partial charge on any atom is -0.299 e. The van der Waals surface area contributed by atoms with Crippen molar-refractivity contribution in [3.05, 3.63) is 12.7 Å². The van der Waals surface area contributed by atoms with Crippen molar-refractivity contribution >= 4 is 5.78 Å². The fourth-order valence-electron chi connectivity index (χ4n) is 2.02. The van der Waals surface area contributed by atoms with E-state index in [-0.39, 0.29) is 0 Å². The molecule has 0 bridgehead atoms. The molecule has 1 aliphatic carbocycles. The summed E-state index contributed by atoms with van der Waals surface area (Å²) in [4.78, 5) is 11.5. The molecule has 2 unspecified atom stereocenters. The van der Waals surface area contributed by atoms with E-state index in [1.54, 1.807) is 0 Å². The Balaban J connectivity index is 2.40. The first-order valence-electron chi connectivity index (χ1n) is 4.91. The van der Waals surface area contributed by atoms with Gasteiger partial charge < -0.3 is 0 Å². The third-order valence-electron chi connectivity index (χ3n) is 2.86. The standard InChI is InChI=1S/C11H18O/c1-3-5-9-6-7-10(4-2)11(12)8-9/h3,9-10H,1,4-8H2,2H3. The van der Waals surface area contributed by atoms with Crippen LogP contribution in [-0.2, 0) is 4.79 Å². The number of Topliss-reactive ketones (excluding diaryl/α,β-unsaturated/α-hetero) is 1. The molecule has 0 radical (unpaired) electrons. The van der Waals surface area contributed by atoms with Gasteiger partial charge in [0.15, 0.2) is 0 Å². The molecule has 1 fully saturated rings. The Morgan fingerprint density at radius 2 is 2.33 bits per heavy atom. The summed E-state index contributed by atoms with van der Waals surface area (Å²) in [6.07, 6.45) is 7.10. The summed E-state index contributed by atoms with van der Waals surface area (Å²) < 4.78 is 0. The van der Waals surface area contributed by atoms with E-state index in [4.69, 9.17) is 0 Å². The molecule has 0 saturated heterocycles. The van der Waals surface area contributed by atoms with Gasteiger partial charge in [0.25, 0.3) is 0 Å². The maximum atomic E-state index is 11.5. The van der Waals surface area contributed by atoms with Crippen molar-refractivity contribution in [1.29, 1.82) is 0 Å². The van der Waals surface area contributed by atoms with Gasteiger partial charge in [-0.2, -0.15) is 0 Å². The Morgan fingerprint density at radius 3 is 2.83 bits per heavy atom. The number of carbonyl (C=O) groups is 1. The smallest absolute Gasteiger partial charge is 0.136 e. The first kappa shape index (κ1) is 9.50. The van der Waals surface area contributed by atoms with Gasteiger partial charge in [-0.1, -0.05) is 13.0 Å². The van der Waals surface area contributed by atoms with Crippen LogP contribution in [0.4, 0.5) is 0 Å². The Hall–Kier alpha value is -0.590. The molecule has 1 nitrogen and oxygen atoms in total. The molecule has 0 aliphatic heterocycles. The van der Waals surface area contributed by atoms with Crippen LogP contribution >= 0.6 is 0 Å². The fourth-order valence-corrected chi connectivity index (χ4v) is 2.02. The predicted molar refractivity (Wildman–Crippen MR) is 50.9 cm³/mol. The summed E-state index contributed by atoms with van der Waals surface area (Å²) in [6, 6.07) is 0. The van der Waals surface area contributed by atoms with Crippen molar-refractivity contribution < 1.29 is 4.79 Å². The average Bonchev–Trinajstić information content (AvgIpc) is 2.05. The summed E-state index contributed by atoms with van der Waals surface area (Å²) in [5.74, 6) is 1.44. The molecule has 1 aliphatic rings. The zero-order chi connectivity index (χ0) is 8.97. The summed E-state index contributed by atoms with van der Waals surface area (Å²) >= 11 is 0. The average molecular weight is 166 g/mol. The molecule has 68 valence electrons. The summed E-state index contributed by atoms with van der Waals surface area (Å²) in [7, 11) is 0. The number of hydrogen-bond acceptors (Lipinski definition) is 1. The molecule has 0 amide bonds. The zero-order valence-electron chi connectivity index (χ0n) is 7.88. The van der Waals surface area contributed by atoms with Crippen LogP contribution in [0.1, 0.15) is 39.0 Å². The SMILES string of the molecule is C=CCC1CCC(CC)C(=O)C1. The van der Waals surface area contributed by atoms with E-state index in [0.717, 1.165) is 25.7 Å². The molecule has 1 saturated carbocycles. The highest BCUT2D eigenvalue weighted by Gasteiger charge is 2.25. The molecule has 0 N–H and O–H groups in total. The lowest BCUT2D eigenvalue weighted by molar-refractivity contribution is -0.126. The quantitative estimate of drug-likeness (QED) is 0.589. The Labute approximate surface area is 74.9 Å². The van der Waals surface area contributed by atoms with Crippen LogP contribution in [-0.4, -0.2) is 5.78 Å². The normalized spacial score (nSPS) is 30.2. The third-order valence-corrected chi connectivity index (χ3v) is 2.86. The van der Waals surface area contributed by atoms with Crippen LogP contribution in [0, 0.1) is 11.8 Å². The lowest BCUT2D eigenvalue weighted by Crippen LogP contribution is -2.23. The van der Waals surface area contributed by atoms with E-state index in [2.05, 4.69) is 13.5 Å². The largest absolute Gasteiger partial charge is 0.299 e. The van der Waals surface area contributed by atoms with Gasteiger partial charge in [0.2, 0.25) is 0 Å². The molecule has 0 heterocycles. The molecular weight excluding hydrogens is 148 g/mol. The zero-order valence-corrected chi connectivity index (χ0v) is 7.88. The van der Waals surface area contributed by atoms with Crippen molar-refractivity contribution in [2.24, 2.45) is 11.8 Å². The number of rotatable bonds is 3. The summed E-state index contributed by atoms with van der Waals surface area (Å²) in [5, 5.41) is 0. The lowest BCUT2D eigenvalue weighted by atomic mass is 9.78. The van der Waals surface area contributed by atoms with Crippen LogP contribution in [0.25, 0.3) is 0 Å². The van der Waals surface area contributed by atoms with Crippen molar-refractivity contribution in [1.82, 2.24) is 0 Å². The van der Waals surface area contributed by atoms with E-state index in [0.29, 0.717) is 17.6 Å². The van der Waals surface area contributed by atoms with E-state index in [1.165, 1.54) is 6.42 Å². The van der Waals surface area contributed by atoms with Gasteiger partial charge in [-0.25, -0.2) is 0 Å². The van der Waals surface area contributed by atoms with E-state index < -0.39 is 0 Å². The number of ketones is 1. The highest BCUT2D eigenvalue weighted by molar-refractivity contribution is 5.81. The van der Waals surface area contributed by atoms with Gasteiger partial charge in [0.1, 0.15) is 5.78 Å². The lowest BCUT2D eigenvalue weighted by Gasteiger charge is -2.25. The van der Waals surface area contributed by atoms with Gasteiger partial charge in [-0.05, 0) is 31.6 Å². The highest BCUT2D eigenvalue weighted by Crippen LogP contribution is 2.29. The Morgan fingerprint density at radius 1 is 1.58 bits per heavy atom. The minimum atomic E-state index is 0.367. The van der Waals surface area contributed by atoms with Gasteiger partial charge in [0, 0.05) is 12.3 Å². The molecule has 0 aromatic rings. The molecule has 1 rings (SSSR count). The monoisotopic (exact) mass is 166 g/mol. The Kier molecular flexibility index (Phi) is 3.51. The first-order chi connectivity index (χ1) is 5.77. The predicted octanol–water partition coefficient (Wildman–Crippen LogP) is 2.96. The van der Waals surface area contributed by atoms with E-state index >= 15 is 0 Å². The van der Waals surface area contributed by atoms with Crippen LogP contribution in [0.2, 0.25) is 0 Å². The molecular formula is C11H18O. The van der Waals surface area contributed by atoms with Gasteiger partial charge >= 0.3 is 0 Å². The molecule has 2 atom stereocenters. The molecule has 12 heavy (non-hydrogen) atoms. The third kappa shape index (κ3) is 2.20. The van der Waals surface area contributed by atoms with Crippen molar-refractivity contribution in [2.75, 3.05) is 0 Å². The van der Waals surface area contributed by atoms with Crippen LogP contribution in [0.15, 0.2) is 12.7 Å². The molecule has 0 aromatic carbocycles. The van der Waals surface area contributed by atoms with Crippen LogP contribution < -0.4 is 0 Å². The topological polar surface area (TPSA) is 17.1 Å². The Bertz CT molecular complexity index is 172. The van der Waals surface area contributed by atoms with Crippen molar-refractivity contribution in [2.45, 2.75) is 39.0 Å². The summed E-state index contributed by atoms with van der Waals surface area (Å²) in [6.45, 7) is 5.82. The first-order valence-corrected chi connectivity index (χ1v) is 4.91. The van der Waals surface area contributed by atoms with Gasteiger partial charge in [-0.15, -0.1) is 6.58 Å². The summed E-state index contributed by atoms with van der Waals surface area (Å²) in [5.41, 5.74) is 0. The second-order valence-corrected chi connectivity index (χ2v) is 3.74. The molecule has 0 spiro atoms. The number of allylic oxidation sites excluding steroid dienone is 1.